The Morgan fingerprint density at radius 2 is 1.77 bits per heavy atom. The van der Waals surface area contributed by atoms with Crippen molar-refractivity contribution < 1.29 is 4.79 Å². The van der Waals surface area contributed by atoms with Gasteiger partial charge in [0.1, 0.15) is 5.78 Å². The van der Waals surface area contributed by atoms with Gasteiger partial charge in [-0.05, 0) is 19.3 Å². The number of rotatable bonds is 6. The third-order valence-electron chi connectivity index (χ3n) is 3.33. The van der Waals surface area contributed by atoms with Gasteiger partial charge in [0, 0.05) is 17.9 Å². The molecule has 0 aromatic heterocycles. The van der Waals surface area contributed by atoms with E-state index >= 15 is 0 Å². The molecule has 1 unspecified atom stereocenters. The molecule has 1 atom stereocenters. The highest BCUT2D eigenvalue weighted by Crippen LogP contribution is 2.30. The van der Waals surface area contributed by atoms with E-state index < -0.39 is 0 Å². The van der Waals surface area contributed by atoms with Crippen molar-refractivity contribution in [1.29, 1.82) is 0 Å². The topological polar surface area (TPSA) is 43.1 Å². The molecule has 0 bridgehead atoms. The van der Waals surface area contributed by atoms with Crippen molar-refractivity contribution in [2.24, 2.45) is 17.1 Å². The van der Waals surface area contributed by atoms with Gasteiger partial charge >= 0.3 is 0 Å². The van der Waals surface area contributed by atoms with Crippen molar-refractivity contribution in [2.75, 3.05) is 6.54 Å². The second-order valence-corrected chi connectivity index (χ2v) is 3.87. The van der Waals surface area contributed by atoms with Gasteiger partial charge in [-0.3, -0.25) is 4.79 Å². The smallest absolute Gasteiger partial charge is 0.143 e. The number of carbonyl (C=O) groups is 1. The molecule has 2 heteroatoms. The minimum Gasteiger partial charge on any atom is -0.329 e. The SMILES string of the molecule is CCC(C)C(=O)C(CC)(CC)CN. The van der Waals surface area contributed by atoms with Crippen LogP contribution in [0.15, 0.2) is 0 Å². The maximum atomic E-state index is 12.0. The summed E-state index contributed by atoms with van der Waals surface area (Å²) in [6.07, 6.45) is 2.65. The van der Waals surface area contributed by atoms with Gasteiger partial charge in [0.2, 0.25) is 0 Å². The fourth-order valence-electron chi connectivity index (χ4n) is 1.70. The molecule has 2 nitrogen and oxygen atoms in total. The van der Waals surface area contributed by atoms with Crippen LogP contribution in [0.1, 0.15) is 47.0 Å². The Labute approximate surface area is 81.9 Å². The molecule has 0 radical (unpaired) electrons. The highest BCUT2D eigenvalue weighted by atomic mass is 16.1. The van der Waals surface area contributed by atoms with E-state index in [1.807, 2.05) is 6.92 Å². The average molecular weight is 185 g/mol. The second-order valence-electron chi connectivity index (χ2n) is 3.87. The normalized spacial score (nSPS) is 14.2. The van der Waals surface area contributed by atoms with E-state index in [2.05, 4.69) is 20.8 Å². The minimum absolute atomic E-state index is 0.156. The molecular weight excluding hydrogens is 162 g/mol. The third kappa shape index (κ3) is 2.53. The molecule has 0 saturated heterocycles. The van der Waals surface area contributed by atoms with Crippen LogP contribution < -0.4 is 5.73 Å². The number of nitrogens with two attached hydrogens (primary N) is 1. The lowest BCUT2D eigenvalue weighted by molar-refractivity contribution is -0.132. The van der Waals surface area contributed by atoms with Crippen LogP contribution in [0.2, 0.25) is 0 Å². The molecule has 0 aromatic rings. The monoisotopic (exact) mass is 185 g/mol. The summed E-state index contributed by atoms with van der Waals surface area (Å²) in [6.45, 7) is 8.64. The number of carbonyl (C=O) groups excluding carboxylic acids is 1. The number of hydrogen-bond acceptors (Lipinski definition) is 2. The summed E-state index contributed by atoms with van der Waals surface area (Å²) in [5.74, 6) is 0.506. The Morgan fingerprint density at radius 3 is 2.00 bits per heavy atom. The van der Waals surface area contributed by atoms with Crippen LogP contribution >= 0.6 is 0 Å². The molecular formula is C11H23NO. The van der Waals surface area contributed by atoms with Gasteiger partial charge < -0.3 is 5.73 Å². The van der Waals surface area contributed by atoms with Gasteiger partial charge in [-0.15, -0.1) is 0 Å². The van der Waals surface area contributed by atoms with Crippen LogP contribution in [0.25, 0.3) is 0 Å². The Bertz CT molecular complexity index is 153. The van der Waals surface area contributed by atoms with Gasteiger partial charge in [0.25, 0.3) is 0 Å². The molecule has 0 amide bonds. The van der Waals surface area contributed by atoms with Crippen LogP contribution in [0, 0.1) is 11.3 Å². The van der Waals surface area contributed by atoms with E-state index in [1.165, 1.54) is 0 Å². The molecule has 78 valence electrons. The van der Waals surface area contributed by atoms with Crippen molar-refractivity contribution in [1.82, 2.24) is 0 Å². The molecule has 13 heavy (non-hydrogen) atoms. The molecule has 0 heterocycles. The van der Waals surface area contributed by atoms with Gasteiger partial charge in [-0.1, -0.05) is 27.7 Å². The minimum atomic E-state index is -0.255. The number of Topliss-reactive ketones (excluding diaryl/α,β-unsaturated/α-hetero) is 1. The third-order valence-corrected chi connectivity index (χ3v) is 3.33. The van der Waals surface area contributed by atoms with Crippen LogP contribution in [0.4, 0.5) is 0 Å². The van der Waals surface area contributed by atoms with Gasteiger partial charge in [0.05, 0.1) is 0 Å². The summed E-state index contributed by atoms with van der Waals surface area (Å²) in [5.41, 5.74) is 5.45. The van der Waals surface area contributed by atoms with Gasteiger partial charge in [-0.2, -0.15) is 0 Å². The highest BCUT2D eigenvalue weighted by molar-refractivity contribution is 5.86. The zero-order chi connectivity index (χ0) is 10.5. The highest BCUT2D eigenvalue weighted by Gasteiger charge is 2.35. The van der Waals surface area contributed by atoms with Crippen LogP contribution in [0.5, 0.6) is 0 Å². The molecule has 0 fully saturated rings. The zero-order valence-electron chi connectivity index (χ0n) is 9.39. The first-order chi connectivity index (χ1) is 6.07. The fraction of sp³-hybridized carbons (Fsp3) is 0.909. The molecule has 2 N–H and O–H groups in total. The van der Waals surface area contributed by atoms with Gasteiger partial charge in [0.15, 0.2) is 0 Å². The molecule has 0 rings (SSSR count). The predicted octanol–water partition coefficient (Wildman–Crippen LogP) is 2.37. The summed E-state index contributed by atoms with van der Waals surface area (Å²) in [6, 6.07) is 0. The van der Waals surface area contributed by atoms with Crippen molar-refractivity contribution in [3.8, 4) is 0 Å². The maximum absolute atomic E-state index is 12.0. The fourth-order valence-corrected chi connectivity index (χ4v) is 1.70. The summed E-state index contributed by atoms with van der Waals surface area (Å²) in [7, 11) is 0. The molecule has 0 spiro atoms. The van der Waals surface area contributed by atoms with E-state index in [0.717, 1.165) is 19.3 Å². The Balaban J connectivity index is 4.63. The number of hydrogen-bond donors (Lipinski definition) is 1. The van der Waals surface area contributed by atoms with E-state index in [-0.39, 0.29) is 11.3 Å². The molecule has 0 aliphatic carbocycles. The van der Waals surface area contributed by atoms with E-state index in [1.54, 1.807) is 0 Å². The van der Waals surface area contributed by atoms with Crippen molar-refractivity contribution in [3.05, 3.63) is 0 Å². The summed E-state index contributed by atoms with van der Waals surface area (Å²) >= 11 is 0. The first-order valence-electron chi connectivity index (χ1n) is 5.32. The Kier molecular flexibility index (Phi) is 5.23. The van der Waals surface area contributed by atoms with Crippen molar-refractivity contribution in [2.45, 2.75) is 47.0 Å². The maximum Gasteiger partial charge on any atom is 0.143 e. The van der Waals surface area contributed by atoms with E-state index in [9.17, 15) is 4.79 Å². The molecule has 0 aliphatic rings. The zero-order valence-corrected chi connectivity index (χ0v) is 9.39. The van der Waals surface area contributed by atoms with Crippen LogP contribution in [-0.4, -0.2) is 12.3 Å². The van der Waals surface area contributed by atoms with Crippen LogP contribution in [-0.2, 0) is 4.79 Å². The second kappa shape index (κ2) is 5.38. The summed E-state index contributed by atoms with van der Waals surface area (Å²) < 4.78 is 0. The first-order valence-corrected chi connectivity index (χ1v) is 5.32. The Morgan fingerprint density at radius 1 is 1.31 bits per heavy atom. The van der Waals surface area contributed by atoms with E-state index in [0.29, 0.717) is 12.3 Å². The molecule has 0 saturated carbocycles. The molecule has 0 aromatic carbocycles. The van der Waals surface area contributed by atoms with Gasteiger partial charge in [-0.25, -0.2) is 0 Å². The first kappa shape index (κ1) is 12.6. The lowest BCUT2D eigenvalue weighted by Crippen LogP contribution is -2.40. The largest absolute Gasteiger partial charge is 0.329 e. The van der Waals surface area contributed by atoms with E-state index in [4.69, 9.17) is 5.73 Å². The summed E-state index contributed by atoms with van der Waals surface area (Å²) in [4.78, 5) is 12.0. The average Bonchev–Trinajstić information content (AvgIpc) is 2.20. The quantitative estimate of drug-likeness (QED) is 0.690. The lowest BCUT2D eigenvalue weighted by Gasteiger charge is -2.30. The Hall–Kier alpha value is -0.370. The molecule has 0 aliphatic heterocycles. The van der Waals surface area contributed by atoms with Crippen LogP contribution in [0.3, 0.4) is 0 Å². The number of ketones is 1. The predicted molar refractivity (Wildman–Crippen MR) is 56.5 cm³/mol. The summed E-state index contributed by atoms with van der Waals surface area (Å²) in [5, 5.41) is 0. The van der Waals surface area contributed by atoms with Crippen molar-refractivity contribution >= 4 is 5.78 Å². The standard InChI is InChI=1S/C11H23NO/c1-5-9(4)10(13)11(6-2,7-3)8-12/h9H,5-8,12H2,1-4H3. The lowest BCUT2D eigenvalue weighted by atomic mass is 9.73. The van der Waals surface area contributed by atoms with Crippen molar-refractivity contribution in [3.63, 3.8) is 0 Å².